The van der Waals surface area contributed by atoms with Crippen molar-refractivity contribution >= 4 is 24.0 Å². The molecule has 2 rings (SSSR count). The van der Waals surface area contributed by atoms with Gasteiger partial charge in [0.2, 0.25) is 5.91 Å². The van der Waals surface area contributed by atoms with Gasteiger partial charge in [0.25, 0.3) is 0 Å². The second-order valence-electron chi connectivity index (χ2n) is 6.48. The van der Waals surface area contributed by atoms with Crippen LogP contribution in [0, 0.1) is 5.41 Å². The molecule has 1 aliphatic rings. The van der Waals surface area contributed by atoms with Crippen molar-refractivity contribution in [1.29, 1.82) is 0 Å². The number of carbonyl (C=O) groups excluding carboxylic acids is 1. The predicted molar refractivity (Wildman–Crippen MR) is 86.4 cm³/mol. The molecule has 0 aliphatic heterocycles. The lowest BCUT2D eigenvalue weighted by atomic mass is 9.86. The van der Waals surface area contributed by atoms with Gasteiger partial charge in [-0.3, -0.25) is 4.79 Å². The summed E-state index contributed by atoms with van der Waals surface area (Å²) in [4.78, 5) is 12.2. The molecular formula is C16H25ClN2O. The maximum atomic E-state index is 12.2. The van der Waals surface area contributed by atoms with E-state index in [1.54, 1.807) is 0 Å². The molecule has 0 saturated carbocycles. The topological polar surface area (TPSA) is 55.1 Å². The second kappa shape index (κ2) is 6.59. The van der Waals surface area contributed by atoms with Crippen molar-refractivity contribution in [1.82, 2.24) is 0 Å². The first kappa shape index (κ1) is 17.0. The number of fused-ring (bicyclic) bond motifs is 1. The standard InChI is InChI=1S/C16H24N2O.ClH/c1-16(2,3)14(17)15(19)18-13-10-6-8-11-7-4-5-9-12(11)13;/h6,8,10,14H,4-5,7,9,17H2,1-3H3,(H,18,19);1H/t14-;/m1./s1. The number of hydrogen-bond donors (Lipinski definition) is 2. The van der Waals surface area contributed by atoms with E-state index in [1.807, 2.05) is 32.9 Å². The number of anilines is 1. The van der Waals surface area contributed by atoms with E-state index in [4.69, 9.17) is 5.73 Å². The van der Waals surface area contributed by atoms with Crippen molar-refractivity contribution in [2.24, 2.45) is 11.1 Å². The third-order valence-corrected chi connectivity index (χ3v) is 3.87. The molecule has 0 heterocycles. The van der Waals surface area contributed by atoms with E-state index in [0.29, 0.717) is 0 Å². The van der Waals surface area contributed by atoms with Gasteiger partial charge in [0, 0.05) is 5.69 Å². The summed E-state index contributed by atoms with van der Waals surface area (Å²) in [6.45, 7) is 5.95. The highest BCUT2D eigenvalue weighted by atomic mass is 35.5. The minimum atomic E-state index is -0.494. The maximum Gasteiger partial charge on any atom is 0.241 e. The van der Waals surface area contributed by atoms with Crippen molar-refractivity contribution in [2.75, 3.05) is 5.32 Å². The molecule has 20 heavy (non-hydrogen) atoms. The second-order valence-corrected chi connectivity index (χ2v) is 6.48. The van der Waals surface area contributed by atoms with Crippen molar-refractivity contribution < 1.29 is 4.79 Å². The van der Waals surface area contributed by atoms with Gasteiger partial charge in [-0.15, -0.1) is 12.4 Å². The largest absolute Gasteiger partial charge is 0.324 e. The lowest BCUT2D eigenvalue weighted by Gasteiger charge is -2.27. The molecule has 0 bridgehead atoms. The first-order valence-electron chi connectivity index (χ1n) is 7.07. The molecule has 1 aromatic rings. The fourth-order valence-corrected chi connectivity index (χ4v) is 2.50. The highest BCUT2D eigenvalue weighted by molar-refractivity contribution is 5.96. The van der Waals surface area contributed by atoms with Gasteiger partial charge in [-0.05, 0) is 48.3 Å². The van der Waals surface area contributed by atoms with Crippen molar-refractivity contribution in [3.05, 3.63) is 29.3 Å². The molecule has 0 saturated heterocycles. The summed E-state index contributed by atoms with van der Waals surface area (Å²) in [6.07, 6.45) is 4.61. The zero-order valence-corrected chi connectivity index (χ0v) is 13.3. The fraction of sp³-hybridized carbons (Fsp3) is 0.562. The van der Waals surface area contributed by atoms with Crippen molar-refractivity contribution in [3.63, 3.8) is 0 Å². The first-order valence-corrected chi connectivity index (χ1v) is 7.07. The Labute approximate surface area is 127 Å². The number of benzene rings is 1. The molecule has 0 spiro atoms. The molecule has 1 amide bonds. The Morgan fingerprint density at radius 2 is 1.90 bits per heavy atom. The summed E-state index contributed by atoms with van der Waals surface area (Å²) >= 11 is 0. The summed E-state index contributed by atoms with van der Waals surface area (Å²) in [5.74, 6) is -0.0912. The van der Waals surface area contributed by atoms with E-state index in [0.717, 1.165) is 18.5 Å². The van der Waals surface area contributed by atoms with Crippen molar-refractivity contribution in [3.8, 4) is 0 Å². The molecule has 3 nitrogen and oxygen atoms in total. The van der Waals surface area contributed by atoms with Crippen LogP contribution in [-0.4, -0.2) is 11.9 Å². The van der Waals surface area contributed by atoms with E-state index < -0.39 is 6.04 Å². The quantitative estimate of drug-likeness (QED) is 0.880. The zero-order chi connectivity index (χ0) is 14.0. The number of nitrogens with two attached hydrogens (primary N) is 1. The van der Waals surface area contributed by atoms with Crippen LogP contribution in [0.4, 0.5) is 5.69 Å². The average Bonchev–Trinajstić information content (AvgIpc) is 2.37. The Kier molecular flexibility index (Phi) is 5.60. The molecule has 0 aromatic heterocycles. The molecule has 0 unspecified atom stereocenters. The number of rotatable bonds is 2. The molecule has 0 radical (unpaired) electrons. The SMILES string of the molecule is CC(C)(C)[C@H](N)C(=O)Nc1cccc2c1CCCC2.Cl. The highest BCUT2D eigenvalue weighted by Gasteiger charge is 2.28. The zero-order valence-electron chi connectivity index (χ0n) is 12.5. The molecular weight excluding hydrogens is 272 g/mol. The molecule has 0 fully saturated rings. The van der Waals surface area contributed by atoms with E-state index in [2.05, 4.69) is 11.4 Å². The average molecular weight is 297 g/mol. The number of aryl methyl sites for hydroxylation is 1. The molecule has 1 aromatic carbocycles. The molecule has 3 N–H and O–H groups in total. The molecule has 4 heteroatoms. The van der Waals surface area contributed by atoms with Crippen LogP contribution in [0.25, 0.3) is 0 Å². The van der Waals surface area contributed by atoms with Crippen LogP contribution in [0.3, 0.4) is 0 Å². The Bertz CT molecular complexity index is 480. The van der Waals surface area contributed by atoms with Gasteiger partial charge in [0.15, 0.2) is 0 Å². The third kappa shape index (κ3) is 3.74. The van der Waals surface area contributed by atoms with Gasteiger partial charge < -0.3 is 11.1 Å². The van der Waals surface area contributed by atoms with Crippen LogP contribution in [-0.2, 0) is 17.6 Å². The number of hydrogen-bond acceptors (Lipinski definition) is 2. The maximum absolute atomic E-state index is 12.2. The number of nitrogens with one attached hydrogen (secondary N) is 1. The smallest absolute Gasteiger partial charge is 0.241 e. The van der Waals surface area contributed by atoms with Gasteiger partial charge in [-0.25, -0.2) is 0 Å². The van der Waals surface area contributed by atoms with E-state index in [1.165, 1.54) is 24.0 Å². The lowest BCUT2D eigenvalue weighted by molar-refractivity contribution is -0.119. The Balaban J connectivity index is 0.00000200. The number of halogens is 1. The first-order chi connectivity index (χ1) is 8.89. The van der Waals surface area contributed by atoms with Gasteiger partial charge in [-0.1, -0.05) is 32.9 Å². The van der Waals surface area contributed by atoms with Gasteiger partial charge in [0.05, 0.1) is 6.04 Å². The normalized spacial score (nSPS) is 15.8. The Hall–Kier alpha value is -1.06. The summed E-state index contributed by atoms with van der Waals surface area (Å²) in [7, 11) is 0. The molecule has 1 atom stereocenters. The minimum absolute atomic E-state index is 0. The highest BCUT2D eigenvalue weighted by Crippen LogP contribution is 2.28. The minimum Gasteiger partial charge on any atom is -0.324 e. The van der Waals surface area contributed by atoms with Crippen LogP contribution in [0.1, 0.15) is 44.7 Å². The fourth-order valence-electron chi connectivity index (χ4n) is 2.50. The van der Waals surface area contributed by atoms with E-state index in [9.17, 15) is 4.79 Å². The van der Waals surface area contributed by atoms with Crippen molar-refractivity contribution in [2.45, 2.75) is 52.5 Å². The summed E-state index contributed by atoms with van der Waals surface area (Å²) in [5.41, 5.74) is 9.39. The number of amides is 1. The Morgan fingerprint density at radius 1 is 1.25 bits per heavy atom. The monoisotopic (exact) mass is 296 g/mol. The lowest BCUT2D eigenvalue weighted by Crippen LogP contribution is -2.45. The van der Waals surface area contributed by atoms with Crippen LogP contribution in [0.2, 0.25) is 0 Å². The summed E-state index contributed by atoms with van der Waals surface area (Å²) < 4.78 is 0. The molecule has 1 aliphatic carbocycles. The van der Waals surface area contributed by atoms with Gasteiger partial charge in [-0.2, -0.15) is 0 Å². The van der Waals surface area contributed by atoms with Gasteiger partial charge in [0.1, 0.15) is 0 Å². The van der Waals surface area contributed by atoms with Gasteiger partial charge >= 0.3 is 0 Å². The molecule has 112 valence electrons. The predicted octanol–water partition coefficient (Wildman–Crippen LogP) is 3.30. The van der Waals surface area contributed by atoms with Crippen LogP contribution < -0.4 is 11.1 Å². The van der Waals surface area contributed by atoms with Crippen LogP contribution in [0.15, 0.2) is 18.2 Å². The third-order valence-electron chi connectivity index (χ3n) is 3.87. The Morgan fingerprint density at radius 3 is 2.55 bits per heavy atom. The summed E-state index contributed by atoms with van der Waals surface area (Å²) in [6, 6.07) is 5.67. The van der Waals surface area contributed by atoms with Crippen LogP contribution >= 0.6 is 12.4 Å². The van der Waals surface area contributed by atoms with E-state index in [-0.39, 0.29) is 23.7 Å². The summed E-state index contributed by atoms with van der Waals surface area (Å²) in [5, 5.41) is 3.01. The van der Waals surface area contributed by atoms with E-state index >= 15 is 0 Å². The van der Waals surface area contributed by atoms with Crippen LogP contribution in [0.5, 0.6) is 0 Å². The number of carbonyl (C=O) groups is 1.